The quantitative estimate of drug-likeness (QED) is 0.696. The molecular formula is C10H10N2O. The van der Waals surface area contributed by atoms with Crippen molar-refractivity contribution < 1.29 is 4.79 Å². The summed E-state index contributed by atoms with van der Waals surface area (Å²) >= 11 is 0. The molecule has 0 bridgehead atoms. The average molecular weight is 174 g/mol. The van der Waals surface area contributed by atoms with Crippen molar-refractivity contribution in [2.75, 3.05) is 7.05 Å². The number of hydrogen-bond acceptors (Lipinski definition) is 2. The van der Waals surface area contributed by atoms with Gasteiger partial charge in [0.15, 0.2) is 0 Å². The van der Waals surface area contributed by atoms with Crippen LogP contribution in [0.1, 0.15) is 21.5 Å². The van der Waals surface area contributed by atoms with E-state index in [9.17, 15) is 4.79 Å². The summed E-state index contributed by atoms with van der Waals surface area (Å²) in [7, 11) is 1.57. The predicted octanol–water partition coefficient (Wildman–Crippen LogP) is 1.23. The summed E-state index contributed by atoms with van der Waals surface area (Å²) in [6.45, 7) is 1.85. The number of benzene rings is 1. The van der Waals surface area contributed by atoms with Crippen molar-refractivity contribution in [1.29, 1.82) is 5.26 Å². The van der Waals surface area contributed by atoms with Gasteiger partial charge < -0.3 is 5.32 Å². The molecule has 1 N–H and O–H groups in total. The van der Waals surface area contributed by atoms with E-state index in [-0.39, 0.29) is 5.91 Å². The lowest BCUT2D eigenvalue weighted by molar-refractivity contribution is 0.0963. The van der Waals surface area contributed by atoms with Crippen molar-refractivity contribution in [3.05, 3.63) is 34.9 Å². The van der Waals surface area contributed by atoms with E-state index in [1.165, 1.54) is 0 Å². The second-order valence-electron chi connectivity index (χ2n) is 2.78. The third-order valence-electron chi connectivity index (χ3n) is 1.70. The molecule has 1 aromatic carbocycles. The van der Waals surface area contributed by atoms with Crippen LogP contribution in [-0.4, -0.2) is 13.0 Å². The summed E-state index contributed by atoms with van der Waals surface area (Å²) in [5.74, 6) is -0.166. The minimum atomic E-state index is -0.166. The highest BCUT2D eigenvalue weighted by atomic mass is 16.1. The topological polar surface area (TPSA) is 52.9 Å². The molecule has 66 valence electrons. The minimum Gasteiger partial charge on any atom is -0.355 e. The van der Waals surface area contributed by atoms with Gasteiger partial charge in [0, 0.05) is 12.6 Å². The minimum absolute atomic E-state index is 0.166. The normalized spacial score (nSPS) is 9.00. The molecule has 0 heterocycles. The zero-order valence-corrected chi connectivity index (χ0v) is 7.59. The summed E-state index contributed by atoms with van der Waals surface area (Å²) in [4.78, 5) is 11.2. The van der Waals surface area contributed by atoms with Crippen LogP contribution in [0.2, 0.25) is 0 Å². The smallest absolute Gasteiger partial charge is 0.251 e. The van der Waals surface area contributed by atoms with Gasteiger partial charge >= 0.3 is 0 Å². The fourth-order valence-corrected chi connectivity index (χ4v) is 1.12. The maximum Gasteiger partial charge on any atom is 0.251 e. The van der Waals surface area contributed by atoms with E-state index in [0.29, 0.717) is 11.1 Å². The average Bonchev–Trinajstić information content (AvgIpc) is 2.15. The number of nitrogens with one attached hydrogen (secondary N) is 1. The van der Waals surface area contributed by atoms with Crippen molar-refractivity contribution in [2.24, 2.45) is 0 Å². The van der Waals surface area contributed by atoms with E-state index in [2.05, 4.69) is 5.32 Å². The molecule has 0 radical (unpaired) electrons. The SMILES string of the molecule is CNC(=O)c1cc(C)cc(C#N)c1. The summed E-state index contributed by atoms with van der Waals surface area (Å²) in [5.41, 5.74) is 1.95. The van der Waals surface area contributed by atoms with Crippen LogP contribution in [0.25, 0.3) is 0 Å². The van der Waals surface area contributed by atoms with Crippen molar-refractivity contribution in [2.45, 2.75) is 6.92 Å². The van der Waals surface area contributed by atoms with Gasteiger partial charge in [-0.25, -0.2) is 0 Å². The Balaban J connectivity index is 3.17. The Hall–Kier alpha value is -1.82. The van der Waals surface area contributed by atoms with Gasteiger partial charge in [0.1, 0.15) is 0 Å². The van der Waals surface area contributed by atoms with Gasteiger partial charge in [-0.05, 0) is 30.7 Å². The van der Waals surface area contributed by atoms with E-state index < -0.39 is 0 Å². The van der Waals surface area contributed by atoms with Gasteiger partial charge in [-0.3, -0.25) is 4.79 Å². The van der Waals surface area contributed by atoms with E-state index in [1.54, 1.807) is 25.2 Å². The van der Waals surface area contributed by atoms with Crippen molar-refractivity contribution in [3.8, 4) is 6.07 Å². The standard InChI is InChI=1S/C10H10N2O/c1-7-3-8(6-11)5-9(4-7)10(13)12-2/h3-5H,1-2H3,(H,12,13). The maximum atomic E-state index is 11.2. The van der Waals surface area contributed by atoms with Crippen LogP contribution in [0.4, 0.5) is 0 Å². The van der Waals surface area contributed by atoms with E-state index >= 15 is 0 Å². The molecule has 0 atom stereocenters. The monoisotopic (exact) mass is 174 g/mol. The largest absolute Gasteiger partial charge is 0.355 e. The Labute approximate surface area is 77.0 Å². The first-order valence-electron chi connectivity index (χ1n) is 3.91. The molecule has 3 nitrogen and oxygen atoms in total. The Kier molecular flexibility index (Phi) is 2.65. The van der Waals surface area contributed by atoms with E-state index in [1.807, 2.05) is 13.0 Å². The molecule has 0 aliphatic heterocycles. The molecule has 3 heteroatoms. The zero-order chi connectivity index (χ0) is 9.84. The first kappa shape index (κ1) is 9.27. The number of carbonyl (C=O) groups is 1. The van der Waals surface area contributed by atoms with Gasteiger partial charge in [-0.15, -0.1) is 0 Å². The van der Waals surface area contributed by atoms with Gasteiger partial charge in [0.2, 0.25) is 0 Å². The number of nitrogens with zero attached hydrogens (tertiary/aromatic N) is 1. The number of aryl methyl sites for hydroxylation is 1. The van der Waals surface area contributed by atoms with Crippen molar-refractivity contribution >= 4 is 5.91 Å². The molecule has 0 aromatic heterocycles. The van der Waals surface area contributed by atoms with Gasteiger partial charge in [0.25, 0.3) is 5.91 Å². The Morgan fingerprint density at radius 1 is 1.46 bits per heavy atom. The molecule has 1 aromatic rings. The first-order chi connectivity index (χ1) is 6.17. The van der Waals surface area contributed by atoms with Crippen LogP contribution in [0.15, 0.2) is 18.2 Å². The molecule has 0 fully saturated rings. The fourth-order valence-electron chi connectivity index (χ4n) is 1.12. The molecule has 0 saturated carbocycles. The van der Waals surface area contributed by atoms with Gasteiger partial charge in [0.05, 0.1) is 11.6 Å². The first-order valence-corrected chi connectivity index (χ1v) is 3.91. The lowest BCUT2D eigenvalue weighted by Gasteiger charge is -2.01. The molecule has 0 unspecified atom stereocenters. The van der Waals surface area contributed by atoms with Crippen molar-refractivity contribution in [3.63, 3.8) is 0 Å². The summed E-state index contributed by atoms with van der Waals surface area (Å²) in [6.07, 6.45) is 0. The molecule has 0 aliphatic rings. The van der Waals surface area contributed by atoms with Crippen LogP contribution < -0.4 is 5.32 Å². The van der Waals surface area contributed by atoms with E-state index in [0.717, 1.165) is 5.56 Å². The molecule has 0 spiro atoms. The predicted molar refractivity (Wildman–Crippen MR) is 49.3 cm³/mol. The Bertz CT molecular complexity index is 377. The van der Waals surface area contributed by atoms with Gasteiger partial charge in [-0.1, -0.05) is 0 Å². The third-order valence-corrected chi connectivity index (χ3v) is 1.70. The van der Waals surface area contributed by atoms with Crippen LogP contribution in [0.3, 0.4) is 0 Å². The van der Waals surface area contributed by atoms with E-state index in [4.69, 9.17) is 5.26 Å². The maximum absolute atomic E-state index is 11.2. The molecule has 0 aliphatic carbocycles. The van der Waals surface area contributed by atoms with Crippen LogP contribution in [-0.2, 0) is 0 Å². The molecule has 0 saturated heterocycles. The number of carbonyl (C=O) groups excluding carboxylic acids is 1. The molecular weight excluding hydrogens is 164 g/mol. The summed E-state index contributed by atoms with van der Waals surface area (Å²) in [6, 6.07) is 7.07. The number of rotatable bonds is 1. The van der Waals surface area contributed by atoms with Crippen LogP contribution in [0, 0.1) is 18.3 Å². The number of amides is 1. The van der Waals surface area contributed by atoms with Crippen molar-refractivity contribution in [1.82, 2.24) is 5.32 Å². The summed E-state index contributed by atoms with van der Waals surface area (Å²) in [5, 5.41) is 11.2. The molecule has 13 heavy (non-hydrogen) atoms. The van der Waals surface area contributed by atoms with Crippen LogP contribution >= 0.6 is 0 Å². The second-order valence-corrected chi connectivity index (χ2v) is 2.78. The van der Waals surface area contributed by atoms with Gasteiger partial charge in [-0.2, -0.15) is 5.26 Å². The fraction of sp³-hybridized carbons (Fsp3) is 0.200. The highest BCUT2D eigenvalue weighted by molar-refractivity contribution is 5.94. The lowest BCUT2D eigenvalue weighted by atomic mass is 10.1. The third kappa shape index (κ3) is 2.06. The lowest BCUT2D eigenvalue weighted by Crippen LogP contribution is -2.17. The number of nitriles is 1. The highest BCUT2D eigenvalue weighted by Gasteiger charge is 2.04. The molecule has 1 amide bonds. The highest BCUT2D eigenvalue weighted by Crippen LogP contribution is 2.08. The summed E-state index contributed by atoms with van der Waals surface area (Å²) < 4.78 is 0. The Morgan fingerprint density at radius 3 is 2.69 bits per heavy atom. The number of hydrogen-bond donors (Lipinski definition) is 1. The Morgan fingerprint density at radius 2 is 2.15 bits per heavy atom. The second kappa shape index (κ2) is 3.72. The van der Waals surface area contributed by atoms with Crippen LogP contribution in [0.5, 0.6) is 0 Å². The molecule has 1 rings (SSSR count). The zero-order valence-electron chi connectivity index (χ0n) is 7.59.